The molecule has 3 N–H and O–H groups in total. The first-order valence-corrected chi connectivity index (χ1v) is 6.99. The van der Waals surface area contributed by atoms with E-state index >= 15 is 0 Å². The molecule has 0 spiro atoms. The van der Waals surface area contributed by atoms with Crippen molar-refractivity contribution in [2.75, 3.05) is 24.9 Å². The molecule has 0 aromatic heterocycles. The maximum absolute atomic E-state index is 11.2. The Morgan fingerprint density at radius 1 is 1.50 bits per heavy atom. The van der Waals surface area contributed by atoms with Gasteiger partial charge in [-0.1, -0.05) is 0 Å². The molecule has 1 atom stereocenters. The Hall–Kier alpha value is -1.02. The number of nitrogens with one attached hydrogen (secondary N) is 1. The standard InChI is InChI=1S/C10H14ClNO5S/c1-17-8-2-3-9(12-6-7(13)5-11)10(4-8)18(14,15)16/h2-4,7,12-13H,5-6H2,1H3,(H,14,15,16). The highest BCUT2D eigenvalue weighted by molar-refractivity contribution is 7.86. The molecule has 18 heavy (non-hydrogen) atoms. The Morgan fingerprint density at radius 3 is 2.67 bits per heavy atom. The monoisotopic (exact) mass is 295 g/mol. The number of benzene rings is 1. The maximum Gasteiger partial charge on any atom is 0.296 e. The zero-order chi connectivity index (χ0) is 13.8. The Balaban J connectivity index is 3.04. The van der Waals surface area contributed by atoms with Gasteiger partial charge in [-0.3, -0.25) is 4.55 Å². The van der Waals surface area contributed by atoms with Gasteiger partial charge in [0.05, 0.1) is 24.8 Å². The van der Waals surface area contributed by atoms with Crippen LogP contribution >= 0.6 is 11.6 Å². The van der Waals surface area contributed by atoms with E-state index in [9.17, 15) is 13.5 Å². The normalized spacial score (nSPS) is 13.1. The predicted octanol–water partition coefficient (Wildman–Crippen LogP) is 0.953. The summed E-state index contributed by atoms with van der Waals surface area (Å²) in [5, 5.41) is 12.0. The SMILES string of the molecule is COc1ccc(NCC(O)CCl)c(S(=O)(=O)O)c1. The first kappa shape index (κ1) is 15.0. The molecule has 0 aliphatic carbocycles. The second-order valence-corrected chi connectivity index (χ2v) is 5.22. The van der Waals surface area contributed by atoms with Crippen molar-refractivity contribution in [2.45, 2.75) is 11.0 Å². The van der Waals surface area contributed by atoms with Gasteiger partial charge in [0.2, 0.25) is 0 Å². The average Bonchev–Trinajstić information content (AvgIpc) is 2.34. The van der Waals surface area contributed by atoms with Crippen LogP contribution in [-0.4, -0.2) is 43.7 Å². The molecule has 0 aliphatic rings. The molecular formula is C10H14ClNO5S. The van der Waals surface area contributed by atoms with Gasteiger partial charge < -0.3 is 15.2 Å². The lowest BCUT2D eigenvalue weighted by Crippen LogP contribution is -2.21. The van der Waals surface area contributed by atoms with Crippen LogP contribution in [0.15, 0.2) is 23.1 Å². The fraction of sp³-hybridized carbons (Fsp3) is 0.400. The number of halogens is 1. The lowest BCUT2D eigenvalue weighted by molar-refractivity contribution is 0.211. The van der Waals surface area contributed by atoms with E-state index in [2.05, 4.69) is 5.32 Å². The molecule has 102 valence electrons. The van der Waals surface area contributed by atoms with Crippen LogP contribution in [-0.2, 0) is 10.1 Å². The second kappa shape index (κ2) is 6.24. The molecule has 1 aromatic rings. The molecule has 1 rings (SSSR count). The topological polar surface area (TPSA) is 95.9 Å². The first-order chi connectivity index (χ1) is 8.38. The summed E-state index contributed by atoms with van der Waals surface area (Å²) in [5.41, 5.74) is 0.169. The number of hydrogen-bond acceptors (Lipinski definition) is 5. The molecule has 0 saturated carbocycles. The minimum atomic E-state index is -4.38. The zero-order valence-electron chi connectivity index (χ0n) is 9.63. The number of methoxy groups -OCH3 is 1. The van der Waals surface area contributed by atoms with Crippen molar-refractivity contribution in [3.63, 3.8) is 0 Å². The van der Waals surface area contributed by atoms with E-state index in [1.807, 2.05) is 0 Å². The highest BCUT2D eigenvalue weighted by Crippen LogP contribution is 2.26. The van der Waals surface area contributed by atoms with E-state index in [4.69, 9.17) is 20.9 Å². The third kappa shape index (κ3) is 4.02. The van der Waals surface area contributed by atoms with E-state index in [1.165, 1.54) is 25.3 Å². The summed E-state index contributed by atoms with van der Waals surface area (Å²) in [5.74, 6) is 0.316. The molecular weight excluding hydrogens is 282 g/mol. The van der Waals surface area contributed by atoms with Gasteiger partial charge in [0, 0.05) is 12.6 Å². The summed E-state index contributed by atoms with van der Waals surface area (Å²) >= 11 is 5.42. The number of alkyl halides is 1. The van der Waals surface area contributed by atoms with Gasteiger partial charge in [0.1, 0.15) is 10.6 Å². The molecule has 1 unspecified atom stereocenters. The number of anilines is 1. The highest BCUT2D eigenvalue weighted by Gasteiger charge is 2.17. The minimum absolute atomic E-state index is 0.0182. The van der Waals surface area contributed by atoms with Crippen LogP contribution in [0.5, 0.6) is 5.75 Å². The van der Waals surface area contributed by atoms with Gasteiger partial charge in [0.15, 0.2) is 0 Å². The number of rotatable bonds is 6. The van der Waals surface area contributed by atoms with Crippen molar-refractivity contribution in [3.05, 3.63) is 18.2 Å². The van der Waals surface area contributed by atoms with Crippen molar-refractivity contribution in [1.29, 1.82) is 0 Å². The molecule has 6 nitrogen and oxygen atoms in total. The summed E-state index contributed by atoms with van der Waals surface area (Å²) in [6.45, 7) is 0.0678. The summed E-state index contributed by atoms with van der Waals surface area (Å²) in [4.78, 5) is -0.316. The summed E-state index contributed by atoms with van der Waals surface area (Å²) in [6.07, 6.45) is -0.817. The Kier molecular flexibility index (Phi) is 5.21. The molecule has 0 saturated heterocycles. The lowest BCUT2D eigenvalue weighted by atomic mass is 10.3. The van der Waals surface area contributed by atoms with E-state index in [0.717, 1.165) is 0 Å². The smallest absolute Gasteiger partial charge is 0.296 e. The van der Waals surface area contributed by atoms with Gasteiger partial charge in [-0.05, 0) is 12.1 Å². The highest BCUT2D eigenvalue weighted by atomic mass is 35.5. The molecule has 1 aromatic carbocycles. The largest absolute Gasteiger partial charge is 0.497 e. The molecule has 0 bridgehead atoms. The van der Waals surface area contributed by atoms with Crippen molar-refractivity contribution < 1.29 is 22.8 Å². The molecule has 0 fully saturated rings. The maximum atomic E-state index is 11.2. The van der Waals surface area contributed by atoms with Crippen molar-refractivity contribution in [1.82, 2.24) is 0 Å². The van der Waals surface area contributed by atoms with Gasteiger partial charge in [-0.15, -0.1) is 11.6 Å². The van der Waals surface area contributed by atoms with Crippen LogP contribution in [0.2, 0.25) is 0 Å². The van der Waals surface area contributed by atoms with E-state index in [1.54, 1.807) is 0 Å². The van der Waals surface area contributed by atoms with E-state index in [-0.39, 0.29) is 23.0 Å². The average molecular weight is 296 g/mol. The molecule has 0 radical (unpaired) electrons. The van der Waals surface area contributed by atoms with Crippen LogP contribution in [0.1, 0.15) is 0 Å². The van der Waals surface area contributed by atoms with Crippen molar-refractivity contribution >= 4 is 27.4 Å². The van der Waals surface area contributed by atoms with Crippen LogP contribution in [0.4, 0.5) is 5.69 Å². The van der Waals surface area contributed by atoms with Crippen molar-refractivity contribution in [3.8, 4) is 5.75 Å². The van der Waals surface area contributed by atoms with Crippen LogP contribution in [0.25, 0.3) is 0 Å². The van der Waals surface area contributed by atoms with Crippen LogP contribution < -0.4 is 10.1 Å². The third-order valence-corrected chi connectivity index (χ3v) is 3.42. The minimum Gasteiger partial charge on any atom is -0.497 e. The molecule has 0 aliphatic heterocycles. The summed E-state index contributed by atoms with van der Waals surface area (Å²) in [6, 6.07) is 4.15. The van der Waals surface area contributed by atoms with Crippen LogP contribution in [0.3, 0.4) is 0 Å². The van der Waals surface area contributed by atoms with Gasteiger partial charge in [-0.2, -0.15) is 8.42 Å². The third-order valence-electron chi connectivity index (χ3n) is 2.17. The van der Waals surface area contributed by atoms with Gasteiger partial charge in [0.25, 0.3) is 10.1 Å². The number of aliphatic hydroxyl groups excluding tert-OH is 1. The van der Waals surface area contributed by atoms with E-state index < -0.39 is 16.2 Å². The first-order valence-electron chi connectivity index (χ1n) is 5.02. The Bertz CT molecular complexity index is 505. The van der Waals surface area contributed by atoms with Gasteiger partial charge >= 0.3 is 0 Å². The predicted molar refractivity (Wildman–Crippen MR) is 68.0 cm³/mol. The fourth-order valence-electron chi connectivity index (χ4n) is 1.27. The number of aliphatic hydroxyl groups is 1. The Morgan fingerprint density at radius 2 is 2.17 bits per heavy atom. The summed E-state index contributed by atoms with van der Waals surface area (Å²) in [7, 11) is -3.00. The number of hydrogen-bond donors (Lipinski definition) is 3. The number of ether oxygens (including phenoxy) is 1. The Labute approximate surface area is 110 Å². The second-order valence-electron chi connectivity index (χ2n) is 3.53. The quantitative estimate of drug-likeness (QED) is 0.534. The zero-order valence-corrected chi connectivity index (χ0v) is 11.2. The lowest BCUT2D eigenvalue weighted by Gasteiger charge is -2.13. The van der Waals surface area contributed by atoms with Crippen LogP contribution in [0, 0.1) is 0 Å². The molecule has 0 heterocycles. The van der Waals surface area contributed by atoms with Gasteiger partial charge in [-0.25, -0.2) is 0 Å². The fourth-order valence-corrected chi connectivity index (χ4v) is 2.06. The molecule has 8 heteroatoms. The molecule has 0 amide bonds. The van der Waals surface area contributed by atoms with E-state index in [0.29, 0.717) is 5.75 Å². The summed E-state index contributed by atoms with van der Waals surface area (Å²) < 4.78 is 36.4. The van der Waals surface area contributed by atoms with Crippen molar-refractivity contribution in [2.24, 2.45) is 0 Å².